The van der Waals surface area contributed by atoms with E-state index in [2.05, 4.69) is 82.1 Å². The van der Waals surface area contributed by atoms with Crippen molar-refractivity contribution in [1.82, 2.24) is 0 Å². The van der Waals surface area contributed by atoms with Gasteiger partial charge in [-0.1, -0.05) is 26.8 Å². The van der Waals surface area contributed by atoms with Gasteiger partial charge in [-0.15, -0.1) is 22.7 Å². The summed E-state index contributed by atoms with van der Waals surface area (Å²) in [5, 5.41) is 3.59. The number of pyridine rings is 1. The number of hydrogen-bond acceptors (Lipinski definition) is 2. The molecule has 0 fully saturated rings. The fourth-order valence-corrected chi connectivity index (χ4v) is 5.87. The smallest absolute Gasteiger partial charge is 0.200 e. The second kappa shape index (κ2) is 5.65. The second-order valence-corrected chi connectivity index (χ2v) is 9.92. The van der Waals surface area contributed by atoms with Gasteiger partial charge in [-0.05, 0) is 53.5 Å². The third kappa shape index (κ3) is 2.61. The van der Waals surface area contributed by atoms with Crippen molar-refractivity contribution in [2.45, 2.75) is 40.0 Å². The molecule has 128 valence electrons. The molecule has 0 atom stereocenters. The van der Waals surface area contributed by atoms with Crippen LogP contribution in [0.25, 0.3) is 30.7 Å². The molecule has 0 radical (unpaired) electrons. The van der Waals surface area contributed by atoms with Crippen LogP contribution in [-0.2, 0) is 12.5 Å². The normalized spacial score (nSPS) is 12.4. The molecule has 0 saturated heterocycles. The highest BCUT2D eigenvalue weighted by Gasteiger charge is 2.24. The van der Waals surface area contributed by atoms with Gasteiger partial charge in [0.25, 0.3) is 0 Å². The van der Waals surface area contributed by atoms with Gasteiger partial charge in [-0.2, -0.15) is 4.57 Å². The van der Waals surface area contributed by atoms with Crippen LogP contribution in [0.1, 0.15) is 37.5 Å². The highest BCUT2D eigenvalue weighted by atomic mass is 32.1. The van der Waals surface area contributed by atoms with Crippen molar-refractivity contribution >= 4 is 42.2 Å². The Bertz CT molecular complexity index is 1110. The summed E-state index contributed by atoms with van der Waals surface area (Å²) < 4.78 is 6.51. The van der Waals surface area contributed by atoms with Crippen LogP contribution >= 0.6 is 22.7 Å². The summed E-state index contributed by atoms with van der Waals surface area (Å²) in [7, 11) is 2.17. The summed E-state index contributed by atoms with van der Waals surface area (Å²) >= 11 is 3.77. The molecule has 0 amide bonds. The molecule has 4 aromatic rings. The average Bonchev–Trinajstić information content (AvgIpc) is 3.10. The van der Waals surface area contributed by atoms with E-state index in [1.807, 2.05) is 22.7 Å². The van der Waals surface area contributed by atoms with Crippen LogP contribution in [0.2, 0.25) is 0 Å². The Morgan fingerprint density at radius 2 is 1.76 bits per heavy atom. The van der Waals surface area contributed by atoms with Crippen molar-refractivity contribution in [3.05, 3.63) is 52.5 Å². The van der Waals surface area contributed by atoms with E-state index < -0.39 is 0 Å². The Morgan fingerprint density at radius 1 is 1.00 bits per heavy atom. The van der Waals surface area contributed by atoms with Crippen molar-refractivity contribution < 1.29 is 4.57 Å². The summed E-state index contributed by atoms with van der Waals surface area (Å²) in [4.78, 5) is 0. The summed E-state index contributed by atoms with van der Waals surface area (Å²) in [6.07, 6.45) is 2.21. The number of aromatic nitrogens is 1. The van der Waals surface area contributed by atoms with Crippen LogP contribution in [0.5, 0.6) is 0 Å². The fourth-order valence-electron chi connectivity index (χ4n) is 3.44. The van der Waals surface area contributed by atoms with E-state index >= 15 is 0 Å². The number of aryl methyl sites for hydroxylation is 2. The minimum atomic E-state index is 0.148. The van der Waals surface area contributed by atoms with Crippen LogP contribution in [0.4, 0.5) is 0 Å². The zero-order valence-electron chi connectivity index (χ0n) is 15.7. The Morgan fingerprint density at radius 3 is 2.48 bits per heavy atom. The van der Waals surface area contributed by atoms with E-state index in [4.69, 9.17) is 0 Å². The molecule has 25 heavy (non-hydrogen) atoms. The van der Waals surface area contributed by atoms with Gasteiger partial charge in [0.1, 0.15) is 11.7 Å². The summed E-state index contributed by atoms with van der Waals surface area (Å²) in [5.74, 6) is 0. The molecule has 3 heterocycles. The van der Waals surface area contributed by atoms with Crippen LogP contribution in [0.15, 0.2) is 35.8 Å². The van der Waals surface area contributed by atoms with Gasteiger partial charge in [0.05, 0.1) is 10.3 Å². The lowest BCUT2D eigenvalue weighted by Crippen LogP contribution is -2.30. The van der Waals surface area contributed by atoms with E-state index in [9.17, 15) is 0 Å². The number of hydrogen-bond donors (Lipinski definition) is 0. The third-order valence-corrected chi connectivity index (χ3v) is 7.41. The zero-order chi connectivity index (χ0) is 17.9. The maximum absolute atomic E-state index is 2.41. The zero-order valence-corrected chi connectivity index (χ0v) is 17.4. The number of benzene rings is 1. The summed E-state index contributed by atoms with van der Waals surface area (Å²) in [5.41, 5.74) is 7.02. The Kier molecular flexibility index (Phi) is 3.78. The van der Waals surface area contributed by atoms with Crippen molar-refractivity contribution in [2.75, 3.05) is 0 Å². The molecule has 3 aromatic heterocycles. The van der Waals surface area contributed by atoms with E-state index in [0.717, 1.165) is 0 Å². The third-order valence-electron chi connectivity index (χ3n) is 5.15. The highest BCUT2D eigenvalue weighted by molar-refractivity contribution is 7.32. The largest absolute Gasteiger partial charge is 0.230 e. The Balaban J connectivity index is 2.11. The van der Waals surface area contributed by atoms with Crippen LogP contribution in [0, 0.1) is 13.8 Å². The van der Waals surface area contributed by atoms with E-state index in [1.165, 1.54) is 47.4 Å². The SMILES string of the molecule is Cc1cc(C(C)(C)C)cc(-c2c3sc4ccsc4c3cc[n+]2C)c1C. The van der Waals surface area contributed by atoms with Gasteiger partial charge in [0.15, 0.2) is 6.20 Å². The Hall–Kier alpha value is -1.71. The first-order chi connectivity index (χ1) is 11.8. The van der Waals surface area contributed by atoms with Crippen molar-refractivity contribution in [3.8, 4) is 11.3 Å². The maximum atomic E-state index is 2.41. The van der Waals surface area contributed by atoms with E-state index in [0.29, 0.717) is 0 Å². The first-order valence-electron chi connectivity index (χ1n) is 8.68. The minimum Gasteiger partial charge on any atom is -0.200 e. The van der Waals surface area contributed by atoms with Crippen LogP contribution in [0.3, 0.4) is 0 Å². The molecule has 0 bridgehead atoms. The Labute approximate surface area is 157 Å². The first-order valence-corrected chi connectivity index (χ1v) is 10.4. The lowest BCUT2D eigenvalue weighted by atomic mass is 9.83. The molecule has 0 unspecified atom stereocenters. The van der Waals surface area contributed by atoms with Gasteiger partial charge < -0.3 is 0 Å². The van der Waals surface area contributed by atoms with Crippen LogP contribution < -0.4 is 4.57 Å². The molecule has 0 aliphatic heterocycles. The predicted octanol–water partition coefficient (Wildman–Crippen LogP) is 6.52. The molecule has 4 rings (SSSR count). The lowest BCUT2D eigenvalue weighted by molar-refractivity contribution is -0.659. The quantitative estimate of drug-likeness (QED) is 0.338. The predicted molar refractivity (Wildman–Crippen MR) is 112 cm³/mol. The van der Waals surface area contributed by atoms with Crippen LogP contribution in [-0.4, -0.2) is 0 Å². The molecule has 0 N–H and O–H groups in total. The molecular weight excluding hydrogens is 342 g/mol. The van der Waals surface area contributed by atoms with Gasteiger partial charge in [0.2, 0.25) is 5.69 Å². The molecule has 0 saturated carbocycles. The van der Waals surface area contributed by atoms with E-state index in [-0.39, 0.29) is 5.41 Å². The molecular formula is C22H24NS2+. The van der Waals surface area contributed by atoms with Crippen molar-refractivity contribution in [1.29, 1.82) is 0 Å². The second-order valence-electron chi connectivity index (χ2n) is 7.95. The topological polar surface area (TPSA) is 3.88 Å². The van der Waals surface area contributed by atoms with Gasteiger partial charge in [0, 0.05) is 16.2 Å². The maximum Gasteiger partial charge on any atom is 0.230 e. The van der Waals surface area contributed by atoms with E-state index in [1.54, 1.807) is 0 Å². The van der Waals surface area contributed by atoms with Gasteiger partial charge >= 0.3 is 0 Å². The summed E-state index contributed by atoms with van der Waals surface area (Å²) in [6.45, 7) is 11.4. The number of nitrogens with zero attached hydrogens (tertiary/aromatic N) is 1. The molecule has 1 nitrogen and oxygen atoms in total. The fraction of sp³-hybridized carbons (Fsp3) is 0.318. The molecule has 3 heteroatoms. The monoisotopic (exact) mass is 366 g/mol. The average molecular weight is 367 g/mol. The highest BCUT2D eigenvalue weighted by Crippen LogP contribution is 2.42. The summed E-state index contributed by atoms with van der Waals surface area (Å²) in [6, 6.07) is 9.28. The number of thiophene rings is 2. The van der Waals surface area contributed by atoms with Gasteiger partial charge in [-0.3, -0.25) is 0 Å². The molecule has 0 spiro atoms. The minimum absolute atomic E-state index is 0.148. The number of rotatable bonds is 1. The molecule has 0 aliphatic carbocycles. The standard InChI is InChI=1S/C22H24NS2/c1-13-11-15(22(3,4)5)12-17(14(13)2)19-21-16(7-9-23(19)6)20-18(25-21)8-10-24-20/h7-12H,1-6H3/q+1. The lowest BCUT2D eigenvalue weighted by Gasteiger charge is -2.22. The van der Waals surface area contributed by atoms with Gasteiger partial charge in [-0.25, -0.2) is 0 Å². The molecule has 1 aromatic carbocycles. The first kappa shape index (κ1) is 16.7. The van der Waals surface area contributed by atoms with Crippen molar-refractivity contribution in [3.63, 3.8) is 0 Å². The van der Waals surface area contributed by atoms with Crippen molar-refractivity contribution in [2.24, 2.45) is 7.05 Å². The number of fused-ring (bicyclic) bond motifs is 3. The molecule has 0 aliphatic rings.